The number of carbonyl (C=O) groups excluding carboxylic acids is 1. The molecule has 0 heterocycles. The van der Waals surface area contributed by atoms with Crippen LogP contribution in [0, 0.1) is 28.4 Å². The molecule has 1 N–H and O–H groups in total. The molecular weight excluding hydrogens is 350 g/mol. The van der Waals surface area contributed by atoms with Crippen molar-refractivity contribution in [1.82, 2.24) is 0 Å². The van der Waals surface area contributed by atoms with Gasteiger partial charge in [0.05, 0.1) is 19.1 Å². The van der Waals surface area contributed by atoms with Gasteiger partial charge < -0.3 is 14.8 Å². The van der Waals surface area contributed by atoms with Gasteiger partial charge in [-0.05, 0) is 42.8 Å². The highest BCUT2D eigenvalue weighted by atomic mass is 16.6. The lowest BCUT2D eigenvalue weighted by Crippen LogP contribution is -2.14. The van der Waals surface area contributed by atoms with E-state index in [0.29, 0.717) is 28.3 Å². The van der Waals surface area contributed by atoms with Gasteiger partial charge in [0.1, 0.15) is 23.1 Å². The zero-order valence-corrected chi connectivity index (χ0v) is 15.0. The molecule has 138 valence electrons. The molecule has 0 aliphatic heterocycles. The summed E-state index contributed by atoms with van der Waals surface area (Å²) >= 11 is 0. The van der Waals surface area contributed by atoms with Crippen LogP contribution in [0.5, 0.6) is 11.5 Å². The topological polar surface area (TPSA) is 114 Å². The molecule has 0 aliphatic carbocycles. The Morgan fingerprint density at radius 2 is 1.96 bits per heavy atom. The zero-order valence-electron chi connectivity index (χ0n) is 15.0. The first kappa shape index (κ1) is 19.5. The summed E-state index contributed by atoms with van der Waals surface area (Å²) < 4.78 is 10.4. The molecule has 0 atom stereocenters. The van der Waals surface area contributed by atoms with E-state index in [0.717, 1.165) is 0 Å². The zero-order chi connectivity index (χ0) is 20.0. The highest BCUT2D eigenvalue weighted by Gasteiger charge is 2.14. The summed E-state index contributed by atoms with van der Waals surface area (Å²) in [7, 11) is 2.98. The molecule has 0 unspecified atom stereocenters. The third-order valence-corrected chi connectivity index (χ3v) is 3.77. The van der Waals surface area contributed by atoms with Crippen molar-refractivity contribution in [1.29, 1.82) is 5.26 Å². The Morgan fingerprint density at radius 3 is 2.52 bits per heavy atom. The van der Waals surface area contributed by atoms with Crippen LogP contribution in [0.4, 0.5) is 11.4 Å². The first-order valence-corrected chi connectivity index (χ1v) is 7.79. The number of rotatable bonds is 6. The average molecular weight is 367 g/mol. The highest BCUT2D eigenvalue weighted by molar-refractivity contribution is 6.10. The normalized spacial score (nSPS) is 10.7. The predicted octanol–water partition coefficient (Wildman–Crippen LogP) is 3.47. The number of methoxy groups -OCH3 is 2. The monoisotopic (exact) mass is 367 g/mol. The number of nitro groups is 1. The second kappa shape index (κ2) is 8.49. The number of carbonyl (C=O) groups is 1. The molecule has 2 aromatic rings. The number of nitriles is 1. The van der Waals surface area contributed by atoms with Crippen LogP contribution in [0.2, 0.25) is 0 Å². The highest BCUT2D eigenvalue weighted by Crippen LogP contribution is 2.27. The molecule has 0 spiro atoms. The maximum absolute atomic E-state index is 12.5. The van der Waals surface area contributed by atoms with Crippen LogP contribution < -0.4 is 14.8 Å². The fourth-order valence-corrected chi connectivity index (χ4v) is 2.35. The number of amides is 1. The van der Waals surface area contributed by atoms with Crippen molar-refractivity contribution >= 4 is 23.4 Å². The fraction of sp³-hybridized carbons (Fsp3) is 0.158. The summed E-state index contributed by atoms with van der Waals surface area (Å²) in [4.78, 5) is 22.7. The molecule has 0 saturated carbocycles. The number of aryl methyl sites for hydroxylation is 1. The summed E-state index contributed by atoms with van der Waals surface area (Å²) in [6.45, 7) is 1.63. The second-order valence-electron chi connectivity index (χ2n) is 5.49. The lowest BCUT2D eigenvalue weighted by Gasteiger charge is -2.09. The number of nitro benzene ring substituents is 1. The molecule has 0 aliphatic rings. The molecule has 2 rings (SSSR count). The molecule has 8 nitrogen and oxygen atoms in total. The van der Waals surface area contributed by atoms with E-state index in [1.165, 1.54) is 38.5 Å². The summed E-state index contributed by atoms with van der Waals surface area (Å²) in [5, 5.41) is 22.8. The molecule has 1 amide bonds. The summed E-state index contributed by atoms with van der Waals surface area (Å²) in [5.41, 5.74) is 1.16. The Balaban J connectivity index is 2.33. The lowest BCUT2D eigenvalue weighted by atomic mass is 10.1. The maximum Gasteiger partial charge on any atom is 0.269 e. The Kier molecular flexibility index (Phi) is 6.12. The second-order valence-corrected chi connectivity index (χ2v) is 5.49. The van der Waals surface area contributed by atoms with Crippen LogP contribution in [0.1, 0.15) is 11.1 Å². The standard InChI is InChI=1S/C19H17N3O5/c1-12-8-15(22(24)25)4-6-17(12)21-19(23)14(11-20)9-13-10-16(26-2)5-7-18(13)27-3/h4-10H,1-3H3,(H,21,23)/b14-9+. The Hall–Kier alpha value is -3.86. The number of ether oxygens (including phenoxy) is 2. The number of nitrogens with zero attached hydrogens (tertiary/aromatic N) is 2. The fourth-order valence-electron chi connectivity index (χ4n) is 2.35. The summed E-state index contributed by atoms with van der Waals surface area (Å²) in [5.74, 6) is 0.383. The van der Waals surface area contributed by atoms with Gasteiger partial charge in [-0.2, -0.15) is 5.26 Å². The minimum atomic E-state index is -0.640. The van der Waals surface area contributed by atoms with Crippen LogP contribution >= 0.6 is 0 Å². The van der Waals surface area contributed by atoms with Gasteiger partial charge in [-0.15, -0.1) is 0 Å². The quantitative estimate of drug-likeness (QED) is 0.362. The van der Waals surface area contributed by atoms with E-state index < -0.39 is 10.8 Å². The van der Waals surface area contributed by atoms with Crippen molar-refractivity contribution in [2.24, 2.45) is 0 Å². The van der Waals surface area contributed by atoms with Gasteiger partial charge >= 0.3 is 0 Å². The van der Waals surface area contributed by atoms with E-state index >= 15 is 0 Å². The van der Waals surface area contributed by atoms with E-state index in [1.54, 1.807) is 25.1 Å². The SMILES string of the molecule is COc1ccc(OC)c(/C=C(\C#N)C(=O)Nc2ccc([N+](=O)[O-])cc2C)c1. The largest absolute Gasteiger partial charge is 0.497 e. The van der Waals surface area contributed by atoms with Crippen molar-refractivity contribution < 1.29 is 19.2 Å². The Morgan fingerprint density at radius 1 is 1.22 bits per heavy atom. The van der Waals surface area contributed by atoms with E-state index in [4.69, 9.17) is 9.47 Å². The van der Waals surface area contributed by atoms with E-state index in [-0.39, 0.29) is 11.3 Å². The van der Waals surface area contributed by atoms with Gasteiger partial charge in [-0.25, -0.2) is 0 Å². The van der Waals surface area contributed by atoms with Crippen molar-refractivity contribution in [3.8, 4) is 17.6 Å². The van der Waals surface area contributed by atoms with Crippen LogP contribution in [-0.2, 0) is 4.79 Å². The minimum absolute atomic E-state index is 0.0809. The average Bonchev–Trinajstić information content (AvgIpc) is 2.67. The molecule has 8 heteroatoms. The Labute approximate surface area is 155 Å². The van der Waals surface area contributed by atoms with Crippen LogP contribution in [0.25, 0.3) is 6.08 Å². The van der Waals surface area contributed by atoms with Gasteiger partial charge in [0, 0.05) is 23.4 Å². The number of benzene rings is 2. The minimum Gasteiger partial charge on any atom is -0.497 e. The van der Waals surface area contributed by atoms with Crippen molar-refractivity contribution in [3.63, 3.8) is 0 Å². The maximum atomic E-state index is 12.5. The van der Waals surface area contributed by atoms with Gasteiger partial charge in [-0.1, -0.05) is 0 Å². The third-order valence-electron chi connectivity index (χ3n) is 3.77. The number of non-ortho nitro benzene ring substituents is 1. The van der Waals surface area contributed by atoms with E-state index in [9.17, 15) is 20.2 Å². The van der Waals surface area contributed by atoms with E-state index in [1.807, 2.05) is 6.07 Å². The van der Waals surface area contributed by atoms with Gasteiger partial charge in [0.15, 0.2) is 0 Å². The number of hydrogen-bond donors (Lipinski definition) is 1. The first-order valence-electron chi connectivity index (χ1n) is 7.79. The molecule has 0 aromatic heterocycles. The number of hydrogen-bond acceptors (Lipinski definition) is 6. The molecule has 0 saturated heterocycles. The molecule has 0 fully saturated rings. The summed E-state index contributed by atoms with van der Waals surface area (Å²) in [6.07, 6.45) is 1.39. The Bertz CT molecular complexity index is 960. The van der Waals surface area contributed by atoms with Crippen LogP contribution in [0.3, 0.4) is 0 Å². The van der Waals surface area contributed by atoms with Crippen molar-refractivity contribution in [2.45, 2.75) is 6.92 Å². The predicted molar refractivity (Wildman–Crippen MR) is 99.6 cm³/mol. The molecule has 0 radical (unpaired) electrons. The molecule has 27 heavy (non-hydrogen) atoms. The third kappa shape index (κ3) is 4.61. The van der Waals surface area contributed by atoms with Crippen LogP contribution in [0.15, 0.2) is 42.0 Å². The lowest BCUT2D eigenvalue weighted by molar-refractivity contribution is -0.384. The van der Waals surface area contributed by atoms with Crippen molar-refractivity contribution in [3.05, 3.63) is 63.2 Å². The smallest absolute Gasteiger partial charge is 0.269 e. The molecule has 0 bridgehead atoms. The first-order chi connectivity index (χ1) is 12.9. The van der Waals surface area contributed by atoms with Gasteiger partial charge in [0.2, 0.25) is 0 Å². The molecular formula is C19H17N3O5. The molecule has 2 aromatic carbocycles. The van der Waals surface area contributed by atoms with Crippen LogP contribution in [-0.4, -0.2) is 25.1 Å². The van der Waals surface area contributed by atoms with Gasteiger partial charge in [0.25, 0.3) is 11.6 Å². The summed E-state index contributed by atoms with van der Waals surface area (Å²) in [6, 6.07) is 10.9. The van der Waals surface area contributed by atoms with Gasteiger partial charge in [-0.3, -0.25) is 14.9 Å². The number of anilines is 1. The van der Waals surface area contributed by atoms with E-state index in [2.05, 4.69) is 5.32 Å². The van der Waals surface area contributed by atoms with Crippen molar-refractivity contribution in [2.75, 3.05) is 19.5 Å². The number of nitrogens with one attached hydrogen (secondary N) is 1.